The summed E-state index contributed by atoms with van der Waals surface area (Å²) in [5.74, 6) is -2.83. The molecule has 0 radical (unpaired) electrons. The summed E-state index contributed by atoms with van der Waals surface area (Å²) in [5.41, 5.74) is 0. The van der Waals surface area contributed by atoms with Crippen LogP contribution >= 0.6 is 0 Å². The molecule has 26 heavy (non-hydrogen) atoms. The highest BCUT2D eigenvalue weighted by Gasteiger charge is 2.29. The minimum atomic E-state index is -0.944. The maximum Gasteiger partial charge on any atom is 0.309 e. The third-order valence-corrected chi connectivity index (χ3v) is 4.56. The number of unbranched alkanes of at least 4 members (excludes halogenated alkanes) is 4. The van der Waals surface area contributed by atoms with Crippen LogP contribution in [-0.2, 0) is 14.4 Å². The largest absolute Gasteiger partial charge is 0.481 e. The van der Waals surface area contributed by atoms with Crippen LogP contribution in [0.3, 0.4) is 0 Å². The Kier molecular flexibility index (Phi) is 13.3. The predicted octanol–water partition coefficient (Wildman–Crippen LogP) is 3.14. The highest BCUT2D eigenvalue weighted by molar-refractivity contribution is 5.67. The first-order valence-corrected chi connectivity index (χ1v) is 9.47. The fourth-order valence-corrected chi connectivity index (χ4v) is 3.02. The van der Waals surface area contributed by atoms with E-state index in [0.717, 1.165) is 38.5 Å². The minimum Gasteiger partial charge on any atom is -0.481 e. The second-order valence-corrected chi connectivity index (χ2v) is 6.75. The van der Waals surface area contributed by atoms with Gasteiger partial charge in [-0.25, -0.2) is 0 Å². The van der Waals surface area contributed by atoms with Gasteiger partial charge < -0.3 is 19.8 Å². The molecule has 0 aromatic rings. The number of allylic oxidation sites excluding steroid dienone is 2. The van der Waals surface area contributed by atoms with Gasteiger partial charge >= 0.3 is 17.9 Å². The molecule has 150 valence electrons. The number of hydrogen-bond acceptors (Lipinski definition) is 3. The van der Waals surface area contributed by atoms with Crippen molar-refractivity contribution in [2.45, 2.75) is 64.7 Å². The molecule has 7 nitrogen and oxygen atoms in total. The molecular weight excluding hydrogens is 338 g/mol. The Morgan fingerprint density at radius 1 is 0.692 bits per heavy atom. The number of carboxylic acids is 3. The SMILES string of the molecule is CC/C=C/CCCCCC[N+](CCC(=O)O)(CCC(=O)O)CCC(=O)O. The van der Waals surface area contributed by atoms with Crippen molar-refractivity contribution in [1.82, 2.24) is 0 Å². The lowest BCUT2D eigenvalue weighted by atomic mass is 10.1. The molecular formula is C19H34NO6+. The van der Waals surface area contributed by atoms with Crippen molar-refractivity contribution >= 4 is 17.9 Å². The van der Waals surface area contributed by atoms with Gasteiger partial charge in [-0.15, -0.1) is 0 Å². The van der Waals surface area contributed by atoms with Gasteiger partial charge in [-0.3, -0.25) is 14.4 Å². The van der Waals surface area contributed by atoms with E-state index in [9.17, 15) is 14.4 Å². The molecule has 3 N–H and O–H groups in total. The van der Waals surface area contributed by atoms with Crippen LogP contribution in [0.25, 0.3) is 0 Å². The maximum atomic E-state index is 11.0. The van der Waals surface area contributed by atoms with Crippen LogP contribution in [0.15, 0.2) is 12.2 Å². The van der Waals surface area contributed by atoms with Crippen LogP contribution in [0.5, 0.6) is 0 Å². The summed E-state index contributed by atoms with van der Waals surface area (Å²) in [6.07, 6.45) is 10.1. The first-order valence-electron chi connectivity index (χ1n) is 9.47. The minimum absolute atomic E-state index is 0.0823. The zero-order valence-electron chi connectivity index (χ0n) is 15.9. The molecule has 0 saturated heterocycles. The number of quaternary nitrogens is 1. The predicted molar refractivity (Wildman–Crippen MR) is 99.0 cm³/mol. The number of carboxylic acid groups (broad SMARTS) is 3. The maximum absolute atomic E-state index is 11.0. The van der Waals surface area contributed by atoms with E-state index in [1.807, 2.05) is 0 Å². The first-order chi connectivity index (χ1) is 12.3. The molecule has 0 bridgehead atoms. The van der Waals surface area contributed by atoms with E-state index in [-0.39, 0.29) is 43.4 Å². The van der Waals surface area contributed by atoms with E-state index in [0.29, 0.717) is 6.54 Å². The number of rotatable bonds is 17. The van der Waals surface area contributed by atoms with Crippen LogP contribution in [0.4, 0.5) is 0 Å². The lowest BCUT2D eigenvalue weighted by Gasteiger charge is -2.38. The van der Waals surface area contributed by atoms with Gasteiger partial charge in [-0.1, -0.05) is 25.5 Å². The van der Waals surface area contributed by atoms with E-state index in [2.05, 4.69) is 19.1 Å². The molecule has 0 fully saturated rings. The quantitative estimate of drug-likeness (QED) is 0.205. The Morgan fingerprint density at radius 2 is 1.15 bits per heavy atom. The van der Waals surface area contributed by atoms with Crippen molar-refractivity contribution in [3.63, 3.8) is 0 Å². The van der Waals surface area contributed by atoms with Crippen molar-refractivity contribution in [3.8, 4) is 0 Å². The average Bonchev–Trinajstić information content (AvgIpc) is 2.57. The molecule has 0 aliphatic heterocycles. The van der Waals surface area contributed by atoms with E-state index in [1.165, 1.54) is 0 Å². The first kappa shape index (κ1) is 24.1. The zero-order valence-corrected chi connectivity index (χ0v) is 15.9. The topological polar surface area (TPSA) is 112 Å². The third-order valence-electron chi connectivity index (χ3n) is 4.56. The average molecular weight is 372 g/mol. The summed E-state index contributed by atoms with van der Waals surface area (Å²) >= 11 is 0. The van der Waals surface area contributed by atoms with Gasteiger partial charge in [-0.05, 0) is 32.1 Å². The molecule has 0 aromatic heterocycles. The summed E-state index contributed by atoms with van der Waals surface area (Å²) in [6.45, 7) is 3.54. The number of carbonyl (C=O) groups is 3. The summed E-state index contributed by atoms with van der Waals surface area (Å²) in [7, 11) is 0. The van der Waals surface area contributed by atoms with Crippen molar-refractivity contribution in [2.24, 2.45) is 0 Å². The van der Waals surface area contributed by atoms with Gasteiger partial charge in [0, 0.05) is 0 Å². The number of aliphatic carboxylic acids is 3. The third kappa shape index (κ3) is 13.4. The molecule has 0 spiro atoms. The molecule has 0 amide bonds. The van der Waals surface area contributed by atoms with Gasteiger partial charge in [-0.2, -0.15) is 0 Å². The monoisotopic (exact) mass is 372 g/mol. The van der Waals surface area contributed by atoms with Crippen molar-refractivity contribution in [1.29, 1.82) is 0 Å². The van der Waals surface area contributed by atoms with E-state index < -0.39 is 17.9 Å². The van der Waals surface area contributed by atoms with Gasteiger partial charge in [0.1, 0.15) is 0 Å². The Labute approximate surface area is 155 Å². The number of hydrogen-bond donors (Lipinski definition) is 3. The summed E-state index contributed by atoms with van der Waals surface area (Å²) in [5, 5.41) is 27.0. The van der Waals surface area contributed by atoms with Gasteiger partial charge in [0.15, 0.2) is 0 Å². The summed E-state index contributed by atoms with van der Waals surface area (Å²) in [4.78, 5) is 32.9. The molecule has 0 aromatic carbocycles. The van der Waals surface area contributed by atoms with Gasteiger partial charge in [0.25, 0.3) is 0 Å². The fourth-order valence-electron chi connectivity index (χ4n) is 3.02. The summed E-state index contributed by atoms with van der Waals surface area (Å²) in [6, 6.07) is 0. The van der Waals surface area contributed by atoms with Crippen LogP contribution in [-0.4, -0.2) is 63.9 Å². The molecule has 0 rings (SSSR count). The van der Waals surface area contributed by atoms with Crippen molar-refractivity contribution < 1.29 is 34.2 Å². The Bertz CT molecular complexity index is 415. The van der Waals surface area contributed by atoms with Crippen LogP contribution < -0.4 is 0 Å². The standard InChI is InChI=1S/C19H33NO6/c1-2-3-4-5-6-7-8-9-13-20(14-10-17(21)22,15-11-18(23)24)16-12-19(25)26/h3-4H,2,5-16H2,1H3,(H2-,21,22,23,24,25,26)/p+1/b4-3+. The van der Waals surface area contributed by atoms with Crippen molar-refractivity contribution in [2.75, 3.05) is 26.2 Å². The van der Waals surface area contributed by atoms with Crippen molar-refractivity contribution in [3.05, 3.63) is 12.2 Å². The van der Waals surface area contributed by atoms with Gasteiger partial charge in [0.2, 0.25) is 0 Å². The molecule has 7 heteroatoms. The highest BCUT2D eigenvalue weighted by atomic mass is 16.4. The molecule has 0 heterocycles. The molecule has 0 atom stereocenters. The highest BCUT2D eigenvalue weighted by Crippen LogP contribution is 2.16. The molecule has 0 saturated carbocycles. The second kappa shape index (κ2) is 14.3. The van der Waals surface area contributed by atoms with E-state index >= 15 is 0 Å². The lowest BCUT2D eigenvalue weighted by molar-refractivity contribution is -0.927. The molecule has 0 aliphatic rings. The number of nitrogens with zero attached hydrogens (tertiary/aromatic N) is 1. The second-order valence-electron chi connectivity index (χ2n) is 6.75. The molecule has 0 unspecified atom stereocenters. The summed E-state index contributed by atoms with van der Waals surface area (Å²) < 4.78 is 0.251. The van der Waals surface area contributed by atoms with E-state index in [4.69, 9.17) is 15.3 Å². The van der Waals surface area contributed by atoms with Crippen LogP contribution in [0.1, 0.15) is 64.7 Å². The Balaban J connectivity index is 4.66. The smallest absolute Gasteiger partial charge is 0.309 e. The van der Waals surface area contributed by atoms with E-state index in [1.54, 1.807) is 0 Å². The van der Waals surface area contributed by atoms with Gasteiger partial charge in [0.05, 0.1) is 45.4 Å². The fraction of sp³-hybridized carbons (Fsp3) is 0.737. The Morgan fingerprint density at radius 3 is 1.58 bits per heavy atom. The lowest BCUT2D eigenvalue weighted by Crippen LogP contribution is -2.52. The zero-order chi connectivity index (χ0) is 19.8. The molecule has 0 aliphatic carbocycles. The normalized spacial score (nSPS) is 11.7. The van der Waals surface area contributed by atoms with Crippen LogP contribution in [0, 0.1) is 0 Å². The Hall–Kier alpha value is -1.89. The van der Waals surface area contributed by atoms with Crippen LogP contribution in [0.2, 0.25) is 0 Å².